The van der Waals surface area contributed by atoms with Crippen LogP contribution in [0.1, 0.15) is 32.6 Å². The molecule has 1 aromatic rings. The molecule has 19 heavy (non-hydrogen) atoms. The molecule has 1 aliphatic carbocycles. The van der Waals surface area contributed by atoms with Gasteiger partial charge in [-0.3, -0.25) is 4.79 Å². The van der Waals surface area contributed by atoms with Crippen molar-refractivity contribution in [3.05, 3.63) is 12.4 Å². The molecular formula is C13H19N3O3. The van der Waals surface area contributed by atoms with Gasteiger partial charge in [0.2, 0.25) is 5.88 Å². The second-order valence-electron chi connectivity index (χ2n) is 4.78. The number of carboxylic acid groups (broad SMARTS) is 1. The second-order valence-corrected chi connectivity index (χ2v) is 4.78. The highest BCUT2D eigenvalue weighted by Gasteiger charge is 2.29. The number of rotatable bonds is 6. The molecular weight excluding hydrogens is 246 g/mol. The van der Waals surface area contributed by atoms with Gasteiger partial charge in [-0.2, -0.15) is 0 Å². The molecule has 1 heterocycles. The number of hydrogen-bond donors (Lipinski definition) is 2. The number of carboxylic acids is 1. The summed E-state index contributed by atoms with van der Waals surface area (Å²) in [6.07, 6.45) is 4.60. The molecule has 6 nitrogen and oxygen atoms in total. The van der Waals surface area contributed by atoms with Gasteiger partial charge in [-0.25, -0.2) is 9.97 Å². The minimum atomic E-state index is -0.709. The van der Waals surface area contributed by atoms with Crippen LogP contribution >= 0.6 is 0 Å². The van der Waals surface area contributed by atoms with Gasteiger partial charge in [0.05, 0.1) is 12.5 Å². The summed E-state index contributed by atoms with van der Waals surface area (Å²) in [6.45, 7) is 2.66. The molecule has 0 radical (unpaired) electrons. The Morgan fingerprint density at radius 3 is 3.05 bits per heavy atom. The summed E-state index contributed by atoms with van der Waals surface area (Å²) in [5.74, 6) is 0.290. The molecule has 0 amide bonds. The van der Waals surface area contributed by atoms with Gasteiger partial charge in [-0.1, -0.05) is 6.92 Å². The van der Waals surface area contributed by atoms with Crippen LogP contribution in [0.25, 0.3) is 0 Å². The van der Waals surface area contributed by atoms with Crippen molar-refractivity contribution < 1.29 is 14.6 Å². The molecule has 1 aliphatic rings. The van der Waals surface area contributed by atoms with Crippen LogP contribution in [0.3, 0.4) is 0 Å². The van der Waals surface area contributed by atoms with Crippen LogP contribution in [0, 0.1) is 5.92 Å². The summed E-state index contributed by atoms with van der Waals surface area (Å²) < 4.78 is 5.43. The van der Waals surface area contributed by atoms with Crippen molar-refractivity contribution in [2.45, 2.75) is 38.6 Å². The Bertz CT molecular complexity index is 439. The number of aliphatic carboxylic acids is 1. The van der Waals surface area contributed by atoms with E-state index in [1.807, 2.05) is 6.92 Å². The fourth-order valence-electron chi connectivity index (χ4n) is 2.25. The number of anilines is 1. The Balaban J connectivity index is 1.90. The van der Waals surface area contributed by atoms with Crippen molar-refractivity contribution in [3.8, 4) is 5.88 Å². The topological polar surface area (TPSA) is 84.3 Å². The molecule has 0 aliphatic heterocycles. The van der Waals surface area contributed by atoms with Crippen LogP contribution < -0.4 is 10.1 Å². The van der Waals surface area contributed by atoms with E-state index in [1.165, 1.54) is 6.33 Å². The number of ether oxygens (including phenoxy) is 1. The Kier molecular flexibility index (Phi) is 4.54. The average molecular weight is 265 g/mol. The van der Waals surface area contributed by atoms with Crippen molar-refractivity contribution in [1.82, 2.24) is 9.97 Å². The zero-order chi connectivity index (χ0) is 13.7. The highest BCUT2D eigenvalue weighted by molar-refractivity contribution is 5.70. The number of aromatic nitrogens is 2. The number of nitrogens with one attached hydrogen (secondary N) is 1. The predicted octanol–water partition coefficient (Wildman–Crippen LogP) is 1.93. The Labute approximate surface area is 112 Å². The lowest BCUT2D eigenvalue weighted by atomic mass is 10.1. The number of nitrogens with zero attached hydrogens (tertiary/aromatic N) is 2. The standard InChI is InChI=1S/C13H19N3O3/c1-2-5-19-12-7-11(14-8-15-12)16-10-4-3-9(6-10)13(17)18/h7-10H,2-6H2,1H3,(H,17,18)(H,14,15,16)/t9-,10+/m1/s1. The lowest BCUT2D eigenvalue weighted by Crippen LogP contribution is -2.18. The Morgan fingerprint density at radius 1 is 1.53 bits per heavy atom. The van der Waals surface area contributed by atoms with Crippen molar-refractivity contribution in [1.29, 1.82) is 0 Å². The lowest BCUT2D eigenvalue weighted by molar-refractivity contribution is -0.141. The predicted molar refractivity (Wildman–Crippen MR) is 70.2 cm³/mol. The third kappa shape index (κ3) is 3.81. The first-order chi connectivity index (χ1) is 9.19. The average Bonchev–Trinajstić information content (AvgIpc) is 2.85. The van der Waals surface area contributed by atoms with E-state index in [0.717, 1.165) is 19.3 Å². The Morgan fingerprint density at radius 2 is 2.37 bits per heavy atom. The monoisotopic (exact) mass is 265 g/mol. The Hall–Kier alpha value is -1.85. The normalized spacial score (nSPS) is 22.2. The maximum atomic E-state index is 10.9. The maximum absolute atomic E-state index is 10.9. The van der Waals surface area contributed by atoms with Gasteiger partial charge in [0.15, 0.2) is 0 Å². The minimum absolute atomic E-state index is 0.162. The third-order valence-electron chi connectivity index (χ3n) is 3.23. The first kappa shape index (κ1) is 13.6. The molecule has 0 saturated heterocycles. The van der Waals surface area contributed by atoms with Crippen molar-refractivity contribution >= 4 is 11.8 Å². The van der Waals surface area contributed by atoms with Crippen LogP contribution in [0.2, 0.25) is 0 Å². The van der Waals surface area contributed by atoms with Gasteiger partial charge in [0, 0.05) is 12.1 Å². The van der Waals surface area contributed by atoms with Crippen molar-refractivity contribution in [2.75, 3.05) is 11.9 Å². The summed E-state index contributed by atoms with van der Waals surface area (Å²) in [5, 5.41) is 12.2. The molecule has 0 spiro atoms. The molecule has 2 N–H and O–H groups in total. The quantitative estimate of drug-likeness (QED) is 0.817. The molecule has 2 rings (SSSR count). The summed E-state index contributed by atoms with van der Waals surface area (Å²) in [5.41, 5.74) is 0. The van der Waals surface area contributed by atoms with Crippen LogP contribution in [-0.4, -0.2) is 33.7 Å². The zero-order valence-electron chi connectivity index (χ0n) is 11.0. The zero-order valence-corrected chi connectivity index (χ0v) is 11.0. The SMILES string of the molecule is CCCOc1cc(N[C@H]2CC[C@@H](C(=O)O)C2)ncn1. The van der Waals surface area contributed by atoms with Gasteiger partial charge < -0.3 is 15.2 Å². The summed E-state index contributed by atoms with van der Waals surface area (Å²) in [4.78, 5) is 19.1. The molecule has 1 aromatic heterocycles. The molecule has 0 unspecified atom stereocenters. The molecule has 1 fully saturated rings. The van der Waals surface area contributed by atoms with Crippen molar-refractivity contribution in [2.24, 2.45) is 5.92 Å². The highest BCUT2D eigenvalue weighted by atomic mass is 16.5. The minimum Gasteiger partial charge on any atom is -0.481 e. The largest absolute Gasteiger partial charge is 0.481 e. The van der Waals surface area contributed by atoms with E-state index >= 15 is 0 Å². The molecule has 0 aromatic carbocycles. The van der Waals surface area contributed by atoms with E-state index in [-0.39, 0.29) is 12.0 Å². The van der Waals surface area contributed by atoms with Crippen LogP contribution in [-0.2, 0) is 4.79 Å². The number of hydrogen-bond acceptors (Lipinski definition) is 5. The van der Waals surface area contributed by atoms with Crippen LogP contribution in [0.5, 0.6) is 5.88 Å². The van der Waals surface area contributed by atoms with E-state index in [0.29, 0.717) is 24.7 Å². The fourth-order valence-corrected chi connectivity index (χ4v) is 2.25. The second kappa shape index (κ2) is 6.36. The van der Waals surface area contributed by atoms with E-state index < -0.39 is 5.97 Å². The lowest BCUT2D eigenvalue weighted by Gasteiger charge is -2.13. The molecule has 1 saturated carbocycles. The number of carbonyl (C=O) groups is 1. The van der Waals surface area contributed by atoms with Gasteiger partial charge in [-0.15, -0.1) is 0 Å². The molecule has 6 heteroatoms. The van der Waals surface area contributed by atoms with E-state index in [4.69, 9.17) is 9.84 Å². The molecule has 2 atom stereocenters. The third-order valence-corrected chi connectivity index (χ3v) is 3.23. The van der Waals surface area contributed by atoms with E-state index in [2.05, 4.69) is 15.3 Å². The van der Waals surface area contributed by atoms with Gasteiger partial charge in [-0.05, 0) is 25.7 Å². The summed E-state index contributed by atoms with van der Waals surface area (Å²) in [6, 6.07) is 1.92. The summed E-state index contributed by atoms with van der Waals surface area (Å²) in [7, 11) is 0. The highest BCUT2D eigenvalue weighted by Crippen LogP contribution is 2.28. The smallest absolute Gasteiger partial charge is 0.306 e. The van der Waals surface area contributed by atoms with Gasteiger partial charge in [0.1, 0.15) is 12.1 Å². The first-order valence-corrected chi connectivity index (χ1v) is 6.63. The maximum Gasteiger partial charge on any atom is 0.306 e. The van der Waals surface area contributed by atoms with Crippen LogP contribution in [0.4, 0.5) is 5.82 Å². The van der Waals surface area contributed by atoms with Gasteiger partial charge >= 0.3 is 5.97 Å². The van der Waals surface area contributed by atoms with E-state index in [9.17, 15) is 4.79 Å². The molecule has 0 bridgehead atoms. The summed E-state index contributed by atoms with van der Waals surface area (Å²) >= 11 is 0. The first-order valence-electron chi connectivity index (χ1n) is 6.63. The van der Waals surface area contributed by atoms with Gasteiger partial charge in [0.25, 0.3) is 0 Å². The van der Waals surface area contributed by atoms with Crippen molar-refractivity contribution in [3.63, 3.8) is 0 Å². The van der Waals surface area contributed by atoms with E-state index in [1.54, 1.807) is 6.07 Å². The molecule has 104 valence electrons. The fraction of sp³-hybridized carbons (Fsp3) is 0.615. The van der Waals surface area contributed by atoms with Crippen LogP contribution in [0.15, 0.2) is 12.4 Å².